The van der Waals surface area contributed by atoms with Crippen molar-refractivity contribution < 1.29 is 4.79 Å². The van der Waals surface area contributed by atoms with E-state index in [0.717, 1.165) is 24.2 Å². The van der Waals surface area contributed by atoms with E-state index >= 15 is 0 Å². The molecule has 1 fully saturated rings. The number of piperidine rings is 1. The zero-order chi connectivity index (χ0) is 14.7. The predicted molar refractivity (Wildman–Crippen MR) is 79.6 cm³/mol. The first-order chi connectivity index (χ1) is 9.49. The van der Waals surface area contributed by atoms with E-state index in [1.807, 2.05) is 18.7 Å². The maximum atomic E-state index is 12.4. The van der Waals surface area contributed by atoms with Gasteiger partial charge >= 0.3 is 0 Å². The number of amides is 1. The maximum absolute atomic E-state index is 12.4. The Kier molecular flexibility index (Phi) is 4.96. The Labute approximate surface area is 124 Å². The minimum atomic E-state index is 0.177. The molecule has 0 bridgehead atoms. The topological polar surface area (TPSA) is 59.0 Å². The molecular weight excluding hydrogens is 272 g/mol. The van der Waals surface area contributed by atoms with E-state index in [0.29, 0.717) is 23.0 Å². The van der Waals surface area contributed by atoms with Gasteiger partial charge in [-0.2, -0.15) is 5.10 Å². The Hall–Kier alpha value is -1.17. The van der Waals surface area contributed by atoms with Crippen molar-refractivity contribution in [2.45, 2.75) is 64.2 Å². The summed E-state index contributed by atoms with van der Waals surface area (Å²) < 4.78 is 0. The summed E-state index contributed by atoms with van der Waals surface area (Å²) in [6.07, 6.45) is 3.41. The van der Waals surface area contributed by atoms with Crippen molar-refractivity contribution in [1.82, 2.24) is 20.1 Å². The Bertz CT molecular complexity index is 484. The summed E-state index contributed by atoms with van der Waals surface area (Å²) in [7, 11) is 0. The van der Waals surface area contributed by atoms with E-state index in [1.54, 1.807) is 0 Å². The molecule has 1 amide bonds. The number of likely N-dealkylation sites (tertiary alicyclic amines) is 1. The summed E-state index contributed by atoms with van der Waals surface area (Å²) in [5, 5.41) is 8.65. The summed E-state index contributed by atoms with van der Waals surface area (Å²) >= 11 is 1.37. The van der Waals surface area contributed by atoms with Gasteiger partial charge < -0.3 is 4.90 Å². The number of thioether (sulfide) groups is 1. The van der Waals surface area contributed by atoms with Gasteiger partial charge in [0.15, 0.2) is 0 Å². The molecule has 2 heterocycles. The highest BCUT2D eigenvalue weighted by Gasteiger charge is 2.28. The van der Waals surface area contributed by atoms with Gasteiger partial charge in [0.25, 0.3) is 0 Å². The largest absolute Gasteiger partial charge is 0.337 e. The minimum absolute atomic E-state index is 0.177. The first-order valence-electron chi connectivity index (χ1n) is 7.11. The summed E-state index contributed by atoms with van der Waals surface area (Å²) in [6, 6.07) is 0.677. The van der Waals surface area contributed by atoms with Crippen LogP contribution < -0.4 is 0 Å². The zero-order valence-corrected chi connectivity index (χ0v) is 13.4. The van der Waals surface area contributed by atoms with Crippen molar-refractivity contribution in [1.29, 1.82) is 0 Å². The van der Waals surface area contributed by atoms with Crippen LogP contribution in [-0.4, -0.2) is 43.8 Å². The van der Waals surface area contributed by atoms with E-state index in [-0.39, 0.29) is 5.91 Å². The fourth-order valence-corrected chi connectivity index (χ4v) is 3.31. The van der Waals surface area contributed by atoms with Crippen LogP contribution in [0.2, 0.25) is 0 Å². The fourth-order valence-electron chi connectivity index (χ4n) is 2.61. The van der Waals surface area contributed by atoms with Crippen LogP contribution in [0.5, 0.6) is 0 Å². The van der Waals surface area contributed by atoms with Gasteiger partial charge in [0.05, 0.1) is 17.1 Å². The second-order valence-corrected chi connectivity index (χ2v) is 6.43. The van der Waals surface area contributed by atoms with Crippen LogP contribution in [0.1, 0.15) is 44.5 Å². The van der Waals surface area contributed by atoms with Crippen LogP contribution in [0.3, 0.4) is 0 Å². The van der Waals surface area contributed by atoms with Gasteiger partial charge in [-0.1, -0.05) is 11.8 Å². The Morgan fingerprint density at radius 2 is 1.85 bits per heavy atom. The molecule has 1 aromatic rings. The van der Waals surface area contributed by atoms with Crippen LogP contribution >= 0.6 is 11.8 Å². The van der Waals surface area contributed by atoms with Gasteiger partial charge in [-0.05, 0) is 47.0 Å². The second kappa shape index (κ2) is 6.52. The van der Waals surface area contributed by atoms with E-state index < -0.39 is 0 Å². The molecule has 0 aromatic carbocycles. The molecule has 0 unspecified atom stereocenters. The molecule has 20 heavy (non-hydrogen) atoms. The number of carbonyl (C=O) groups excluding carboxylic acids is 1. The van der Waals surface area contributed by atoms with E-state index in [2.05, 4.69) is 29.0 Å². The summed E-state index contributed by atoms with van der Waals surface area (Å²) in [5.41, 5.74) is 1.70. The number of hydrogen-bond donors (Lipinski definition) is 0. The molecule has 1 saturated heterocycles. The normalized spacial score (nSPS) is 22.9. The van der Waals surface area contributed by atoms with Crippen molar-refractivity contribution in [3.63, 3.8) is 0 Å². The summed E-state index contributed by atoms with van der Waals surface area (Å²) in [6.45, 7) is 8.05. The van der Waals surface area contributed by atoms with Gasteiger partial charge in [0.1, 0.15) is 0 Å². The molecule has 0 spiro atoms. The van der Waals surface area contributed by atoms with Gasteiger partial charge in [0, 0.05) is 12.1 Å². The number of aromatic nitrogens is 3. The number of aryl methyl sites for hydroxylation is 2. The van der Waals surface area contributed by atoms with Crippen LogP contribution in [0, 0.1) is 13.8 Å². The smallest absolute Gasteiger partial charge is 0.233 e. The lowest BCUT2D eigenvalue weighted by molar-refractivity contribution is -0.134. The van der Waals surface area contributed by atoms with Gasteiger partial charge in [0.2, 0.25) is 11.1 Å². The number of nitrogens with zero attached hydrogens (tertiary/aromatic N) is 4. The average molecular weight is 294 g/mol. The third kappa shape index (κ3) is 3.48. The van der Waals surface area contributed by atoms with Gasteiger partial charge in [-0.25, -0.2) is 4.98 Å². The molecule has 1 aliphatic rings. The van der Waals surface area contributed by atoms with Crippen LogP contribution in [0.4, 0.5) is 0 Å². The molecule has 6 heteroatoms. The quantitative estimate of drug-likeness (QED) is 0.801. The van der Waals surface area contributed by atoms with Crippen LogP contribution in [0.25, 0.3) is 0 Å². The molecule has 5 nitrogen and oxygen atoms in total. The molecule has 0 aliphatic carbocycles. The van der Waals surface area contributed by atoms with Crippen LogP contribution in [-0.2, 0) is 4.79 Å². The lowest BCUT2D eigenvalue weighted by Gasteiger charge is -2.39. The summed E-state index contributed by atoms with van der Waals surface area (Å²) in [5.74, 6) is 0.565. The van der Waals surface area contributed by atoms with Crippen molar-refractivity contribution in [3.8, 4) is 0 Å². The second-order valence-electron chi connectivity index (χ2n) is 5.48. The Balaban J connectivity index is 1.95. The third-order valence-electron chi connectivity index (χ3n) is 3.88. The standard InChI is InChI=1S/C14H22N4OS/c1-9-6-5-7-10(2)18(9)13(19)8-20-14-15-11(3)12(4)16-17-14/h9-10H,5-8H2,1-4H3/t9-,10+. The van der Waals surface area contributed by atoms with Crippen molar-refractivity contribution in [2.75, 3.05) is 5.75 Å². The minimum Gasteiger partial charge on any atom is -0.337 e. The van der Waals surface area contributed by atoms with Crippen LogP contribution in [0.15, 0.2) is 5.16 Å². The Morgan fingerprint density at radius 1 is 1.20 bits per heavy atom. The van der Waals surface area contributed by atoms with Gasteiger partial charge in [-0.3, -0.25) is 4.79 Å². The predicted octanol–water partition coefficient (Wildman–Crippen LogP) is 2.37. The zero-order valence-electron chi connectivity index (χ0n) is 12.6. The highest BCUT2D eigenvalue weighted by atomic mass is 32.2. The lowest BCUT2D eigenvalue weighted by Crippen LogP contribution is -2.48. The fraction of sp³-hybridized carbons (Fsp3) is 0.714. The first kappa shape index (κ1) is 15.2. The van der Waals surface area contributed by atoms with Crippen molar-refractivity contribution in [3.05, 3.63) is 11.4 Å². The Morgan fingerprint density at radius 3 is 2.45 bits per heavy atom. The molecule has 0 radical (unpaired) electrons. The number of carbonyl (C=O) groups is 1. The van der Waals surface area contributed by atoms with Gasteiger partial charge in [-0.15, -0.1) is 5.10 Å². The molecule has 110 valence electrons. The highest BCUT2D eigenvalue weighted by Crippen LogP contribution is 2.24. The van der Waals surface area contributed by atoms with E-state index in [1.165, 1.54) is 18.2 Å². The molecule has 2 rings (SSSR count). The molecular formula is C14H22N4OS. The molecule has 1 aliphatic heterocycles. The van der Waals surface area contributed by atoms with E-state index in [9.17, 15) is 4.79 Å². The summed E-state index contributed by atoms with van der Waals surface area (Å²) in [4.78, 5) is 18.7. The van der Waals surface area contributed by atoms with Crippen molar-refractivity contribution >= 4 is 17.7 Å². The third-order valence-corrected chi connectivity index (χ3v) is 4.70. The molecule has 1 aromatic heterocycles. The van der Waals surface area contributed by atoms with Crippen molar-refractivity contribution in [2.24, 2.45) is 0 Å². The monoisotopic (exact) mass is 294 g/mol. The van der Waals surface area contributed by atoms with E-state index in [4.69, 9.17) is 0 Å². The number of rotatable bonds is 3. The number of hydrogen-bond acceptors (Lipinski definition) is 5. The molecule has 0 saturated carbocycles. The SMILES string of the molecule is Cc1nnc(SCC(=O)N2[C@H](C)CCC[C@@H]2C)nc1C. The maximum Gasteiger partial charge on any atom is 0.233 e. The molecule has 0 N–H and O–H groups in total. The highest BCUT2D eigenvalue weighted by molar-refractivity contribution is 7.99. The first-order valence-corrected chi connectivity index (χ1v) is 8.09. The lowest BCUT2D eigenvalue weighted by atomic mass is 9.98. The molecule has 2 atom stereocenters. The average Bonchev–Trinajstić information content (AvgIpc) is 2.40.